The fraction of sp³-hybridized carbons (Fsp3) is 0.733. The Bertz CT molecular complexity index is 439. The average Bonchev–Trinajstić information content (AvgIpc) is 2.93. The maximum absolute atomic E-state index is 12.1. The number of nitrogens with one attached hydrogen (secondary N) is 1. The SMILES string of the molecule is CC(C)CNCc1cncn1CCC(=O)N1CCOCC1. The van der Waals surface area contributed by atoms with E-state index in [1.54, 1.807) is 6.33 Å². The molecule has 0 bridgehead atoms. The van der Waals surface area contributed by atoms with Crippen LogP contribution in [-0.2, 0) is 22.6 Å². The molecule has 0 spiro atoms. The van der Waals surface area contributed by atoms with E-state index in [4.69, 9.17) is 4.74 Å². The second kappa shape index (κ2) is 8.14. The molecule has 21 heavy (non-hydrogen) atoms. The molecule has 1 saturated heterocycles. The van der Waals surface area contributed by atoms with Crippen LogP contribution in [0.5, 0.6) is 0 Å². The number of morpholine rings is 1. The molecular formula is C15H26N4O2. The normalized spacial score (nSPS) is 15.7. The summed E-state index contributed by atoms with van der Waals surface area (Å²) >= 11 is 0. The Morgan fingerprint density at radius 2 is 2.19 bits per heavy atom. The van der Waals surface area contributed by atoms with Gasteiger partial charge in [-0.15, -0.1) is 0 Å². The van der Waals surface area contributed by atoms with Crippen LogP contribution in [0.1, 0.15) is 26.0 Å². The van der Waals surface area contributed by atoms with Crippen LogP contribution in [0, 0.1) is 5.92 Å². The van der Waals surface area contributed by atoms with Crippen LogP contribution in [-0.4, -0.2) is 53.2 Å². The maximum Gasteiger partial charge on any atom is 0.224 e. The molecule has 0 aromatic carbocycles. The summed E-state index contributed by atoms with van der Waals surface area (Å²) in [7, 11) is 0. The predicted octanol–water partition coefficient (Wildman–Crippen LogP) is 0.878. The Morgan fingerprint density at radius 1 is 1.43 bits per heavy atom. The third-order valence-corrected chi connectivity index (χ3v) is 3.59. The lowest BCUT2D eigenvalue weighted by Crippen LogP contribution is -2.41. The minimum atomic E-state index is 0.202. The van der Waals surface area contributed by atoms with Gasteiger partial charge in [-0.1, -0.05) is 13.8 Å². The highest BCUT2D eigenvalue weighted by Crippen LogP contribution is 2.05. The van der Waals surface area contributed by atoms with Crippen molar-refractivity contribution >= 4 is 5.91 Å². The van der Waals surface area contributed by atoms with Gasteiger partial charge in [0.1, 0.15) is 0 Å². The van der Waals surface area contributed by atoms with Gasteiger partial charge in [0.2, 0.25) is 5.91 Å². The van der Waals surface area contributed by atoms with E-state index in [1.807, 2.05) is 11.1 Å². The molecule has 0 saturated carbocycles. The molecule has 1 fully saturated rings. The largest absolute Gasteiger partial charge is 0.378 e. The van der Waals surface area contributed by atoms with Gasteiger partial charge in [0, 0.05) is 38.8 Å². The fourth-order valence-corrected chi connectivity index (χ4v) is 2.37. The molecule has 1 amide bonds. The topological polar surface area (TPSA) is 59.4 Å². The molecule has 1 aromatic rings. The van der Waals surface area contributed by atoms with Gasteiger partial charge in [0.25, 0.3) is 0 Å². The number of hydrogen-bond donors (Lipinski definition) is 1. The van der Waals surface area contributed by atoms with Gasteiger partial charge >= 0.3 is 0 Å². The van der Waals surface area contributed by atoms with Crippen LogP contribution >= 0.6 is 0 Å². The first-order valence-electron chi connectivity index (χ1n) is 7.72. The van der Waals surface area contributed by atoms with Gasteiger partial charge in [0.15, 0.2) is 0 Å². The molecular weight excluding hydrogens is 268 g/mol. The number of nitrogens with zero attached hydrogens (tertiary/aromatic N) is 3. The summed E-state index contributed by atoms with van der Waals surface area (Å²) in [6.45, 7) is 9.58. The number of amides is 1. The molecule has 1 aliphatic heterocycles. The lowest BCUT2D eigenvalue weighted by molar-refractivity contribution is -0.135. The molecule has 2 rings (SSSR count). The van der Waals surface area contributed by atoms with Crippen LogP contribution < -0.4 is 5.32 Å². The molecule has 1 aliphatic rings. The number of ether oxygens (including phenoxy) is 1. The van der Waals surface area contributed by atoms with Crippen molar-refractivity contribution in [3.63, 3.8) is 0 Å². The Kier molecular flexibility index (Phi) is 6.20. The lowest BCUT2D eigenvalue weighted by Gasteiger charge is -2.27. The van der Waals surface area contributed by atoms with Crippen LogP contribution in [0.4, 0.5) is 0 Å². The molecule has 0 atom stereocenters. The number of hydrogen-bond acceptors (Lipinski definition) is 4. The summed E-state index contributed by atoms with van der Waals surface area (Å²) in [6.07, 6.45) is 4.19. The number of aryl methyl sites for hydroxylation is 1. The Balaban J connectivity index is 1.77. The first-order chi connectivity index (χ1) is 10.2. The van der Waals surface area contributed by atoms with Crippen molar-refractivity contribution in [1.82, 2.24) is 19.8 Å². The van der Waals surface area contributed by atoms with Gasteiger partial charge in [-0.2, -0.15) is 0 Å². The van der Waals surface area contributed by atoms with E-state index in [0.29, 0.717) is 45.2 Å². The van der Waals surface area contributed by atoms with E-state index in [2.05, 4.69) is 28.7 Å². The quantitative estimate of drug-likeness (QED) is 0.811. The number of carbonyl (C=O) groups is 1. The third-order valence-electron chi connectivity index (χ3n) is 3.59. The average molecular weight is 294 g/mol. The number of carbonyl (C=O) groups excluding carboxylic acids is 1. The van der Waals surface area contributed by atoms with E-state index in [1.165, 1.54) is 0 Å². The van der Waals surface area contributed by atoms with Crippen molar-refractivity contribution in [2.45, 2.75) is 33.4 Å². The predicted molar refractivity (Wildman–Crippen MR) is 80.8 cm³/mol. The van der Waals surface area contributed by atoms with Crippen molar-refractivity contribution in [2.75, 3.05) is 32.8 Å². The molecule has 0 radical (unpaired) electrons. The number of imidazole rings is 1. The number of rotatable bonds is 7. The Labute approximate surface area is 126 Å². The van der Waals surface area contributed by atoms with E-state index < -0.39 is 0 Å². The first kappa shape index (κ1) is 16.0. The van der Waals surface area contributed by atoms with E-state index in [0.717, 1.165) is 18.8 Å². The summed E-state index contributed by atoms with van der Waals surface area (Å²) in [5.74, 6) is 0.831. The van der Waals surface area contributed by atoms with Crippen molar-refractivity contribution in [3.8, 4) is 0 Å². The molecule has 1 aromatic heterocycles. The van der Waals surface area contributed by atoms with Crippen molar-refractivity contribution in [2.24, 2.45) is 5.92 Å². The van der Waals surface area contributed by atoms with Crippen LogP contribution in [0.15, 0.2) is 12.5 Å². The minimum absolute atomic E-state index is 0.202. The third kappa shape index (κ3) is 5.13. The van der Waals surface area contributed by atoms with Gasteiger partial charge in [-0.05, 0) is 12.5 Å². The second-order valence-electron chi connectivity index (χ2n) is 5.85. The zero-order chi connectivity index (χ0) is 15.1. The Hall–Kier alpha value is -1.40. The molecule has 0 aliphatic carbocycles. The zero-order valence-corrected chi connectivity index (χ0v) is 13.0. The lowest BCUT2D eigenvalue weighted by atomic mass is 10.2. The highest BCUT2D eigenvalue weighted by Gasteiger charge is 2.16. The van der Waals surface area contributed by atoms with E-state index in [-0.39, 0.29) is 5.91 Å². The van der Waals surface area contributed by atoms with Gasteiger partial charge in [-0.25, -0.2) is 4.98 Å². The molecule has 0 unspecified atom stereocenters. The van der Waals surface area contributed by atoms with Gasteiger partial charge in [-0.3, -0.25) is 4.79 Å². The molecule has 2 heterocycles. The number of aromatic nitrogens is 2. The Morgan fingerprint density at radius 3 is 2.90 bits per heavy atom. The highest BCUT2D eigenvalue weighted by molar-refractivity contribution is 5.76. The zero-order valence-electron chi connectivity index (χ0n) is 13.0. The standard InChI is InChI=1S/C15H26N4O2/c1-13(2)9-16-10-14-11-17-12-19(14)4-3-15(20)18-5-7-21-8-6-18/h11-13,16H,3-10H2,1-2H3. The molecule has 1 N–H and O–H groups in total. The smallest absolute Gasteiger partial charge is 0.224 e. The van der Waals surface area contributed by atoms with Crippen molar-refractivity contribution < 1.29 is 9.53 Å². The minimum Gasteiger partial charge on any atom is -0.378 e. The highest BCUT2D eigenvalue weighted by atomic mass is 16.5. The van der Waals surface area contributed by atoms with E-state index in [9.17, 15) is 4.79 Å². The summed E-state index contributed by atoms with van der Waals surface area (Å²) in [5.41, 5.74) is 1.13. The first-order valence-corrected chi connectivity index (χ1v) is 7.72. The summed E-state index contributed by atoms with van der Waals surface area (Å²) in [4.78, 5) is 18.2. The van der Waals surface area contributed by atoms with Crippen molar-refractivity contribution in [3.05, 3.63) is 18.2 Å². The van der Waals surface area contributed by atoms with Crippen LogP contribution in [0.25, 0.3) is 0 Å². The van der Waals surface area contributed by atoms with Gasteiger partial charge < -0.3 is 19.5 Å². The molecule has 118 valence electrons. The second-order valence-corrected chi connectivity index (χ2v) is 5.85. The fourth-order valence-electron chi connectivity index (χ4n) is 2.37. The van der Waals surface area contributed by atoms with Crippen LogP contribution in [0.3, 0.4) is 0 Å². The summed E-state index contributed by atoms with van der Waals surface area (Å²) in [6, 6.07) is 0. The summed E-state index contributed by atoms with van der Waals surface area (Å²) < 4.78 is 7.33. The monoisotopic (exact) mass is 294 g/mol. The molecule has 6 nitrogen and oxygen atoms in total. The van der Waals surface area contributed by atoms with Crippen molar-refractivity contribution in [1.29, 1.82) is 0 Å². The van der Waals surface area contributed by atoms with E-state index >= 15 is 0 Å². The van der Waals surface area contributed by atoms with Crippen LogP contribution in [0.2, 0.25) is 0 Å². The molecule has 6 heteroatoms. The maximum atomic E-state index is 12.1. The van der Waals surface area contributed by atoms with Gasteiger partial charge in [0.05, 0.1) is 25.2 Å². The summed E-state index contributed by atoms with van der Waals surface area (Å²) in [5, 5.41) is 3.41.